The van der Waals surface area contributed by atoms with E-state index in [1.807, 2.05) is 6.21 Å². The van der Waals surface area contributed by atoms with Crippen LogP contribution >= 0.6 is 0 Å². The first-order chi connectivity index (χ1) is 21.7. The van der Waals surface area contributed by atoms with E-state index in [1.54, 1.807) is 0 Å². The summed E-state index contributed by atoms with van der Waals surface area (Å²) in [4.78, 5) is 4.79. The molecule has 0 fully saturated rings. The molecule has 2 heterocycles. The Morgan fingerprint density at radius 1 is 0.932 bits per heavy atom. The second-order valence-electron chi connectivity index (χ2n) is 12.0. The summed E-state index contributed by atoms with van der Waals surface area (Å²) in [6, 6.07) is 17.7. The quantitative estimate of drug-likeness (QED) is 0.358. The van der Waals surface area contributed by atoms with Crippen molar-refractivity contribution in [3.05, 3.63) is 136 Å². The summed E-state index contributed by atoms with van der Waals surface area (Å²) < 4.78 is 0. The lowest BCUT2D eigenvalue weighted by molar-refractivity contribution is 0.187. The Balaban J connectivity index is 1.31. The van der Waals surface area contributed by atoms with Crippen molar-refractivity contribution in [2.24, 2.45) is 16.0 Å². The van der Waals surface area contributed by atoms with E-state index in [1.165, 1.54) is 39.3 Å². The Labute approximate surface area is 262 Å². The zero-order valence-corrected chi connectivity index (χ0v) is 26.1. The Morgan fingerprint density at radius 3 is 2.59 bits per heavy atom. The van der Waals surface area contributed by atoms with Crippen LogP contribution < -0.4 is 15.8 Å². The highest BCUT2D eigenvalue weighted by Crippen LogP contribution is 2.34. The highest BCUT2D eigenvalue weighted by molar-refractivity contribution is 6.00. The number of hydrogen-bond acceptors (Lipinski definition) is 4. The molecule has 44 heavy (non-hydrogen) atoms. The minimum absolute atomic E-state index is 0.0241. The number of amidine groups is 1. The van der Waals surface area contributed by atoms with Gasteiger partial charge in [-0.15, -0.1) is 0 Å². The van der Waals surface area contributed by atoms with Crippen molar-refractivity contribution in [3.63, 3.8) is 0 Å². The van der Waals surface area contributed by atoms with Crippen LogP contribution in [0.15, 0.2) is 125 Å². The molecule has 2 aliphatic heterocycles. The predicted octanol–water partition coefficient (Wildman–Crippen LogP) is 7.57. The smallest absolute Gasteiger partial charge is 0.155 e. The maximum atomic E-state index is 5.25. The van der Waals surface area contributed by atoms with Crippen LogP contribution in [-0.2, 0) is 0 Å². The molecule has 224 valence electrons. The molecule has 4 heteroatoms. The van der Waals surface area contributed by atoms with Crippen LogP contribution in [0.4, 0.5) is 0 Å². The fourth-order valence-corrected chi connectivity index (χ4v) is 6.37. The SMILES string of the molecule is C/C=c1/cccc/c1=C/CC(C)N1N=C(c2ccc(C3=C4N=CC=CC4CCC=C3)cc2)NC1C1=C/C/C=C\CCC/C=C\1. The van der Waals surface area contributed by atoms with Crippen LogP contribution in [0.25, 0.3) is 17.7 Å². The third kappa shape index (κ3) is 6.86. The standard InChI is InChI=1S/C40H44N4/c1-3-31-16-11-12-17-32(31)24-23-30(2)44-40(36-19-9-7-5-4-6-8-10-20-36)42-39(43-44)35-27-25-33(26-28-35)37-22-14-13-18-34-21-15-29-41-38(34)37/h3,5,7,10-12,14-17,19-22,24-30,34,40H,4,6,8-9,13,18,23H2,1-2H3,(H,42,43)/b7-5-,20-10-,31-3-,32-24-,36-19+. The molecule has 6 rings (SSSR count). The molecule has 2 aromatic rings. The Bertz CT molecular complexity index is 1690. The van der Waals surface area contributed by atoms with Gasteiger partial charge in [0, 0.05) is 23.3 Å². The van der Waals surface area contributed by atoms with E-state index in [-0.39, 0.29) is 12.2 Å². The van der Waals surface area contributed by atoms with Gasteiger partial charge >= 0.3 is 0 Å². The largest absolute Gasteiger partial charge is 0.343 e. The van der Waals surface area contributed by atoms with E-state index >= 15 is 0 Å². The van der Waals surface area contributed by atoms with E-state index in [0.717, 1.165) is 49.9 Å². The lowest BCUT2D eigenvalue weighted by Crippen LogP contribution is -2.43. The molecule has 0 spiro atoms. The van der Waals surface area contributed by atoms with Crippen LogP contribution in [0.2, 0.25) is 0 Å². The van der Waals surface area contributed by atoms with Gasteiger partial charge in [-0.3, -0.25) is 10.0 Å². The maximum Gasteiger partial charge on any atom is 0.155 e. The molecule has 3 atom stereocenters. The van der Waals surface area contributed by atoms with E-state index in [9.17, 15) is 0 Å². The normalized spacial score (nSPS) is 25.9. The third-order valence-electron chi connectivity index (χ3n) is 8.88. The van der Waals surface area contributed by atoms with Gasteiger partial charge in [-0.2, -0.15) is 5.10 Å². The summed E-state index contributed by atoms with van der Waals surface area (Å²) in [7, 11) is 0. The number of rotatable bonds is 6. The van der Waals surface area contributed by atoms with Crippen LogP contribution in [0, 0.1) is 5.92 Å². The number of benzene rings is 2. The average molecular weight is 581 g/mol. The summed E-state index contributed by atoms with van der Waals surface area (Å²) in [5.41, 5.74) is 5.96. The van der Waals surface area contributed by atoms with Crippen LogP contribution in [-0.4, -0.2) is 29.3 Å². The molecule has 4 aliphatic rings. The summed E-state index contributed by atoms with van der Waals surface area (Å²) in [5.74, 6) is 1.30. The van der Waals surface area contributed by atoms with E-state index in [4.69, 9.17) is 10.1 Å². The average Bonchev–Trinajstić information content (AvgIpc) is 3.41. The summed E-state index contributed by atoms with van der Waals surface area (Å²) in [5, 5.41) is 13.9. The van der Waals surface area contributed by atoms with Gasteiger partial charge in [-0.05, 0) is 86.4 Å². The first-order valence-electron chi connectivity index (χ1n) is 16.3. The van der Waals surface area contributed by atoms with E-state index in [0.29, 0.717) is 5.92 Å². The molecule has 0 amide bonds. The number of nitrogens with zero attached hydrogens (tertiary/aromatic N) is 3. The Hall–Kier alpha value is -4.44. The molecule has 4 nitrogen and oxygen atoms in total. The van der Waals surface area contributed by atoms with Crippen LogP contribution in [0.3, 0.4) is 0 Å². The molecule has 0 radical (unpaired) electrons. The lowest BCUT2D eigenvalue weighted by atomic mass is 9.93. The Kier molecular flexibility index (Phi) is 9.66. The second kappa shape index (κ2) is 14.4. The number of fused-ring (bicyclic) bond motifs is 1. The zero-order chi connectivity index (χ0) is 30.1. The summed E-state index contributed by atoms with van der Waals surface area (Å²) in [6.45, 7) is 4.39. The molecule has 0 saturated carbocycles. The first kappa shape index (κ1) is 29.6. The predicted molar refractivity (Wildman–Crippen MR) is 187 cm³/mol. The second-order valence-corrected chi connectivity index (χ2v) is 12.0. The van der Waals surface area contributed by atoms with Gasteiger partial charge in [0.1, 0.15) is 6.17 Å². The van der Waals surface area contributed by atoms with Gasteiger partial charge in [-0.1, -0.05) is 109 Å². The molecule has 2 aromatic carbocycles. The fourth-order valence-electron chi connectivity index (χ4n) is 6.37. The van der Waals surface area contributed by atoms with Crippen molar-refractivity contribution in [3.8, 4) is 0 Å². The minimum atomic E-state index is -0.0241. The van der Waals surface area contributed by atoms with Crippen molar-refractivity contribution in [1.82, 2.24) is 10.3 Å². The van der Waals surface area contributed by atoms with Crippen molar-refractivity contribution < 1.29 is 0 Å². The van der Waals surface area contributed by atoms with Gasteiger partial charge in [-0.25, -0.2) is 0 Å². The van der Waals surface area contributed by atoms with Gasteiger partial charge in [0.2, 0.25) is 0 Å². The van der Waals surface area contributed by atoms with Crippen LogP contribution in [0.1, 0.15) is 69.9 Å². The minimum Gasteiger partial charge on any atom is -0.343 e. The van der Waals surface area contributed by atoms with E-state index < -0.39 is 0 Å². The summed E-state index contributed by atoms with van der Waals surface area (Å²) >= 11 is 0. The van der Waals surface area contributed by atoms with Crippen molar-refractivity contribution >= 4 is 29.8 Å². The highest BCUT2D eigenvalue weighted by Gasteiger charge is 2.31. The van der Waals surface area contributed by atoms with Gasteiger partial charge in [0.25, 0.3) is 0 Å². The number of nitrogens with one attached hydrogen (secondary N) is 1. The van der Waals surface area contributed by atoms with Crippen molar-refractivity contribution in [2.75, 3.05) is 0 Å². The van der Waals surface area contributed by atoms with Crippen molar-refractivity contribution in [1.29, 1.82) is 0 Å². The number of dihydropyridines is 1. The molecule has 2 aliphatic carbocycles. The number of allylic oxidation sites excluding steroid dienone is 9. The number of hydrogen-bond donors (Lipinski definition) is 1. The maximum absolute atomic E-state index is 5.25. The highest BCUT2D eigenvalue weighted by atomic mass is 15.6. The van der Waals surface area contributed by atoms with Gasteiger partial charge < -0.3 is 5.32 Å². The zero-order valence-electron chi connectivity index (χ0n) is 26.1. The Morgan fingerprint density at radius 2 is 1.73 bits per heavy atom. The molecule has 0 aromatic heterocycles. The van der Waals surface area contributed by atoms with Crippen LogP contribution in [0.5, 0.6) is 0 Å². The molecule has 0 bridgehead atoms. The molecular formula is C40H44N4. The fraction of sp³-hybridized carbons (Fsp3) is 0.300. The molecule has 3 unspecified atom stereocenters. The third-order valence-corrected chi connectivity index (χ3v) is 8.88. The van der Waals surface area contributed by atoms with Crippen molar-refractivity contribution in [2.45, 2.75) is 71.0 Å². The first-order valence-corrected chi connectivity index (χ1v) is 16.3. The topological polar surface area (TPSA) is 40.0 Å². The number of aliphatic imine (C=N–C) groups is 1. The number of hydrazone groups is 1. The lowest BCUT2D eigenvalue weighted by Gasteiger charge is -2.29. The monoisotopic (exact) mass is 580 g/mol. The van der Waals surface area contributed by atoms with Gasteiger partial charge in [0.15, 0.2) is 5.84 Å². The van der Waals surface area contributed by atoms with E-state index in [2.05, 4.69) is 140 Å². The molecular weight excluding hydrogens is 536 g/mol. The molecule has 0 saturated heterocycles. The summed E-state index contributed by atoms with van der Waals surface area (Å²) in [6.07, 6.45) is 34.3. The van der Waals surface area contributed by atoms with Gasteiger partial charge in [0.05, 0.1) is 11.7 Å². The molecule has 1 N–H and O–H groups in total.